The van der Waals surface area contributed by atoms with Crippen LogP contribution in [0.5, 0.6) is 0 Å². The summed E-state index contributed by atoms with van der Waals surface area (Å²) in [5.74, 6) is 0. The van der Waals surface area contributed by atoms with E-state index in [1.54, 1.807) is 0 Å². The van der Waals surface area contributed by atoms with Crippen LogP contribution in [0, 0.1) is 0 Å². The predicted octanol–water partition coefficient (Wildman–Crippen LogP) is 3.39. The van der Waals surface area contributed by atoms with Gasteiger partial charge in [0.25, 0.3) is 0 Å². The van der Waals surface area contributed by atoms with Crippen molar-refractivity contribution in [1.82, 2.24) is 0 Å². The van der Waals surface area contributed by atoms with Crippen LogP contribution in [0.3, 0.4) is 0 Å². The summed E-state index contributed by atoms with van der Waals surface area (Å²) in [6.07, 6.45) is 0.918. The smallest absolute Gasteiger partial charge is 0.151 e. The molecule has 3 rings (SSSR count). The molecule has 3 aromatic rings. The molecule has 0 bridgehead atoms. The number of hydrogen-bond donors (Lipinski definition) is 1. The Morgan fingerprint density at radius 2 is 1.65 bits per heavy atom. The van der Waals surface area contributed by atoms with Gasteiger partial charge < -0.3 is 5.73 Å². The summed E-state index contributed by atoms with van der Waals surface area (Å²) < 4.78 is 0. The molecule has 0 spiro atoms. The second-order valence-corrected chi connectivity index (χ2v) is 4.11. The summed E-state index contributed by atoms with van der Waals surface area (Å²) in [6, 6.07) is 15.6. The Bertz CT molecular complexity index is 731. The zero-order chi connectivity index (χ0) is 11.8. The Morgan fingerprint density at radius 3 is 2.47 bits per heavy atom. The molecule has 0 aliphatic rings. The molecule has 2 N–H and O–H groups in total. The third-order valence-electron chi connectivity index (χ3n) is 3.05. The molecule has 0 unspecified atom stereocenters. The van der Waals surface area contributed by atoms with Crippen LogP contribution in [-0.2, 0) is 0 Å². The minimum absolute atomic E-state index is 0.713. The standard InChI is InChI=1S/C15H11NO/c16-12-5-6-14-11(8-12)7-10-3-1-2-4-13(10)15(14)9-17/h1-9H,16H2. The van der Waals surface area contributed by atoms with E-state index in [4.69, 9.17) is 5.73 Å². The molecular weight excluding hydrogens is 210 g/mol. The number of rotatable bonds is 1. The van der Waals surface area contributed by atoms with Gasteiger partial charge in [-0.3, -0.25) is 4.79 Å². The van der Waals surface area contributed by atoms with Crippen molar-refractivity contribution in [2.75, 3.05) is 5.73 Å². The molecule has 0 fully saturated rings. The van der Waals surface area contributed by atoms with Crippen molar-refractivity contribution in [2.45, 2.75) is 0 Å². The van der Waals surface area contributed by atoms with E-state index in [2.05, 4.69) is 6.07 Å². The molecule has 0 saturated heterocycles. The van der Waals surface area contributed by atoms with Gasteiger partial charge in [0.15, 0.2) is 6.29 Å². The Labute approximate surface area is 98.7 Å². The summed E-state index contributed by atoms with van der Waals surface area (Å²) in [6.45, 7) is 0. The molecule has 0 atom stereocenters. The zero-order valence-electron chi connectivity index (χ0n) is 9.18. The van der Waals surface area contributed by atoms with Crippen molar-refractivity contribution in [2.24, 2.45) is 0 Å². The maximum Gasteiger partial charge on any atom is 0.151 e. The molecule has 0 aromatic heterocycles. The van der Waals surface area contributed by atoms with Gasteiger partial charge in [0.2, 0.25) is 0 Å². The van der Waals surface area contributed by atoms with Crippen molar-refractivity contribution in [3.8, 4) is 0 Å². The maximum absolute atomic E-state index is 11.3. The summed E-state index contributed by atoms with van der Waals surface area (Å²) in [4.78, 5) is 11.3. The summed E-state index contributed by atoms with van der Waals surface area (Å²) in [5.41, 5.74) is 7.22. The number of carbonyl (C=O) groups is 1. The SMILES string of the molecule is Nc1ccc2c(C=O)c3ccccc3cc2c1. The second kappa shape index (κ2) is 3.59. The number of benzene rings is 3. The normalized spacial score (nSPS) is 10.8. The number of nitrogens with two attached hydrogens (primary N) is 1. The molecule has 0 radical (unpaired) electrons. The van der Waals surface area contributed by atoms with E-state index in [-0.39, 0.29) is 0 Å². The minimum atomic E-state index is 0.713. The topological polar surface area (TPSA) is 43.1 Å². The van der Waals surface area contributed by atoms with E-state index in [1.165, 1.54) is 0 Å². The zero-order valence-corrected chi connectivity index (χ0v) is 9.18. The Balaban J connectivity index is 2.58. The van der Waals surface area contributed by atoms with Gasteiger partial charge in [0.05, 0.1) is 0 Å². The molecule has 0 amide bonds. The maximum atomic E-state index is 11.3. The van der Waals surface area contributed by atoms with Crippen LogP contribution in [0.1, 0.15) is 10.4 Å². The highest BCUT2D eigenvalue weighted by Crippen LogP contribution is 2.28. The minimum Gasteiger partial charge on any atom is -0.399 e. The van der Waals surface area contributed by atoms with Crippen molar-refractivity contribution >= 4 is 33.5 Å². The number of carbonyl (C=O) groups excluding carboxylic acids is 1. The predicted molar refractivity (Wildman–Crippen MR) is 71.3 cm³/mol. The van der Waals surface area contributed by atoms with Gasteiger partial charge in [-0.15, -0.1) is 0 Å². The third-order valence-corrected chi connectivity index (χ3v) is 3.05. The highest BCUT2D eigenvalue weighted by atomic mass is 16.1. The Kier molecular flexibility index (Phi) is 2.08. The second-order valence-electron chi connectivity index (χ2n) is 4.11. The van der Waals surface area contributed by atoms with Crippen LogP contribution < -0.4 is 5.73 Å². The van der Waals surface area contributed by atoms with E-state index < -0.39 is 0 Å². The van der Waals surface area contributed by atoms with Crippen molar-refractivity contribution < 1.29 is 4.79 Å². The van der Waals surface area contributed by atoms with Gasteiger partial charge in [-0.1, -0.05) is 30.3 Å². The first-order chi connectivity index (χ1) is 8.29. The first kappa shape index (κ1) is 9.85. The number of aldehydes is 1. The first-order valence-electron chi connectivity index (χ1n) is 5.46. The lowest BCUT2D eigenvalue weighted by atomic mass is 9.97. The number of hydrogen-bond acceptors (Lipinski definition) is 2. The van der Waals surface area contributed by atoms with Gasteiger partial charge in [0, 0.05) is 11.3 Å². The van der Waals surface area contributed by atoms with Crippen LogP contribution >= 0.6 is 0 Å². The molecule has 0 aliphatic heterocycles. The fourth-order valence-corrected chi connectivity index (χ4v) is 2.25. The average Bonchev–Trinajstić information content (AvgIpc) is 2.35. The van der Waals surface area contributed by atoms with E-state index in [0.717, 1.165) is 33.4 Å². The number of anilines is 1. The van der Waals surface area contributed by atoms with Crippen LogP contribution in [0.15, 0.2) is 48.5 Å². The molecule has 0 heterocycles. The largest absolute Gasteiger partial charge is 0.399 e. The fourth-order valence-electron chi connectivity index (χ4n) is 2.25. The van der Waals surface area contributed by atoms with Gasteiger partial charge in [-0.2, -0.15) is 0 Å². The lowest BCUT2D eigenvalue weighted by Gasteiger charge is -2.07. The molecule has 0 saturated carbocycles. The first-order valence-corrected chi connectivity index (χ1v) is 5.46. The molecule has 3 aromatic carbocycles. The lowest BCUT2D eigenvalue weighted by molar-refractivity contribution is 0.112. The molecule has 82 valence electrons. The Morgan fingerprint density at radius 1 is 0.882 bits per heavy atom. The molecule has 0 aliphatic carbocycles. The molecule has 2 nitrogen and oxygen atoms in total. The van der Waals surface area contributed by atoms with E-state index in [1.807, 2.05) is 42.5 Å². The van der Waals surface area contributed by atoms with Crippen molar-refractivity contribution in [3.63, 3.8) is 0 Å². The van der Waals surface area contributed by atoms with E-state index in [0.29, 0.717) is 5.69 Å². The van der Waals surface area contributed by atoms with Crippen molar-refractivity contribution in [3.05, 3.63) is 54.1 Å². The van der Waals surface area contributed by atoms with E-state index in [9.17, 15) is 4.79 Å². The fraction of sp³-hybridized carbons (Fsp3) is 0. The lowest BCUT2D eigenvalue weighted by Crippen LogP contribution is -1.89. The quantitative estimate of drug-likeness (QED) is 0.389. The Hall–Kier alpha value is -2.35. The van der Waals surface area contributed by atoms with Gasteiger partial charge >= 0.3 is 0 Å². The summed E-state index contributed by atoms with van der Waals surface area (Å²) in [7, 11) is 0. The monoisotopic (exact) mass is 221 g/mol. The van der Waals surface area contributed by atoms with E-state index >= 15 is 0 Å². The van der Waals surface area contributed by atoms with Crippen LogP contribution in [0.25, 0.3) is 21.5 Å². The molecule has 17 heavy (non-hydrogen) atoms. The summed E-state index contributed by atoms with van der Waals surface area (Å²) >= 11 is 0. The highest BCUT2D eigenvalue weighted by molar-refractivity contribution is 6.12. The van der Waals surface area contributed by atoms with Gasteiger partial charge in [0.1, 0.15) is 0 Å². The van der Waals surface area contributed by atoms with Gasteiger partial charge in [-0.25, -0.2) is 0 Å². The number of fused-ring (bicyclic) bond motifs is 2. The third kappa shape index (κ3) is 1.46. The molecular formula is C15H11NO. The highest BCUT2D eigenvalue weighted by Gasteiger charge is 2.06. The van der Waals surface area contributed by atoms with Gasteiger partial charge in [-0.05, 0) is 39.7 Å². The van der Waals surface area contributed by atoms with Crippen molar-refractivity contribution in [1.29, 1.82) is 0 Å². The average molecular weight is 221 g/mol. The number of nitrogen functional groups attached to an aromatic ring is 1. The molecule has 2 heteroatoms. The van der Waals surface area contributed by atoms with Crippen LogP contribution in [-0.4, -0.2) is 6.29 Å². The van der Waals surface area contributed by atoms with Crippen LogP contribution in [0.2, 0.25) is 0 Å². The van der Waals surface area contributed by atoms with Crippen LogP contribution in [0.4, 0.5) is 5.69 Å². The summed E-state index contributed by atoms with van der Waals surface area (Å²) in [5, 5.41) is 4.01.